The number of hydrogen-bond acceptors (Lipinski definition) is 15. The molecule has 0 radical (unpaired) electrons. The summed E-state index contributed by atoms with van der Waals surface area (Å²) in [7, 11) is 2.52. The molecular weight excluding hydrogens is 1040 g/mol. The number of aliphatic hydroxyl groups is 8. The smallest absolute Gasteiger partial charge is 0.234 e. The Kier molecular flexibility index (Phi) is 13.2. The van der Waals surface area contributed by atoms with Crippen molar-refractivity contribution in [2.75, 3.05) is 30.4 Å². The predicted octanol–water partition coefficient (Wildman–Crippen LogP) is 6.50. The molecule has 8 fully saturated rings. The normalized spacial score (nSPS) is 49.4. The standard InChI is InChI=1S/C62H85N3O12S2/c1-35(2)36(3)50-51(77-50)59(74)16-6-10-39-24-44-45-26-48(70)58(28-49(71)61(76,33-67)56(54(44,58)4)17-12-38(27-56)29-64-21-20-63-34-64)53(73)79-78-31-41-9-5-8-40(30-66)62(41)52(72)65(32-55(62)15-7-11-47(55)69)42-22-37(23-43(68)25-42)13-18-57(39)46(59)14-19-60(45,57)75/h6,10,20-23,25-26,34-36,38-41,44,46-47,49-51,53,66-69,71,73-76H,5,7-9,11-19,24,27-33H2,1-4H3. The highest BCUT2D eigenvalue weighted by Gasteiger charge is 2.84. The van der Waals surface area contributed by atoms with Gasteiger partial charge in [0.05, 0.1) is 47.7 Å². The summed E-state index contributed by atoms with van der Waals surface area (Å²) in [4.78, 5) is 38.7. The van der Waals surface area contributed by atoms with E-state index in [1.54, 1.807) is 35.6 Å². The third-order valence-corrected chi connectivity index (χ3v) is 28.1. The van der Waals surface area contributed by atoms with Gasteiger partial charge in [0.2, 0.25) is 5.91 Å². The number of phenols is 1. The summed E-state index contributed by atoms with van der Waals surface area (Å²) >= 11 is 0. The second-order valence-corrected chi connectivity index (χ2v) is 30.4. The van der Waals surface area contributed by atoms with E-state index < -0.39 is 109 Å². The topological polar surface area (TPSA) is 250 Å². The number of aromatic hydroxyl groups is 1. The fourth-order valence-corrected chi connectivity index (χ4v) is 24.7. The number of fused-ring (bicyclic) bond motifs is 1. The van der Waals surface area contributed by atoms with Gasteiger partial charge in [-0.25, -0.2) is 4.98 Å². The first-order valence-corrected chi connectivity index (χ1v) is 32.4. The summed E-state index contributed by atoms with van der Waals surface area (Å²) in [5, 5.41) is 116. The Morgan fingerprint density at radius 3 is 2.46 bits per heavy atom. The van der Waals surface area contributed by atoms with Crippen LogP contribution in [-0.2, 0) is 27.3 Å². The van der Waals surface area contributed by atoms with E-state index in [-0.39, 0.29) is 73.8 Å². The molecule has 6 heterocycles. The molecule has 2 aromatic rings. The molecule has 21 unspecified atom stereocenters. The molecule has 13 aliphatic rings. The lowest BCUT2D eigenvalue weighted by Crippen LogP contribution is -2.79. The number of carbonyl (C=O) groups excluding carboxylic acids is 2. The van der Waals surface area contributed by atoms with Crippen LogP contribution in [0, 0.1) is 79.8 Å². The number of epoxide rings is 1. The third-order valence-electron chi connectivity index (χ3n) is 25.5. The molecule has 1 aromatic heterocycles. The largest absolute Gasteiger partial charge is 0.508 e. The Morgan fingerprint density at radius 2 is 1.73 bits per heavy atom. The summed E-state index contributed by atoms with van der Waals surface area (Å²) in [6, 6.07) is 5.31. The molecule has 6 saturated carbocycles. The first kappa shape index (κ1) is 55.4. The monoisotopic (exact) mass is 1130 g/mol. The Hall–Kier alpha value is -2.81. The number of allylic oxidation sites excluding steroid dienone is 2. The Labute approximate surface area is 472 Å². The molecule has 1 amide bonds. The number of amides is 1. The fraction of sp³-hybridized carbons (Fsp3) is 0.758. The number of rotatable bonds is 7. The van der Waals surface area contributed by atoms with Gasteiger partial charge in [0.1, 0.15) is 28.5 Å². The summed E-state index contributed by atoms with van der Waals surface area (Å²) in [6.45, 7) is 8.19. The van der Waals surface area contributed by atoms with Gasteiger partial charge in [0, 0.05) is 71.8 Å². The molecule has 15 rings (SSSR count). The number of nitrogens with zero attached hydrogens (tertiary/aromatic N) is 3. The number of aliphatic hydroxyl groups excluding tert-OH is 5. The Balaban J connectivity index is 1.04. The maximum absolute atomic E-state index is 16.5. The third kappa shape index (κ3) is 6.92. The highest BCUT2D eigenvalue weighted by molar-refractivity contribution is 8.76. The second kappa shape index (κ2) is 18.8. The molecule has 21 atom stereocenters. The zero-order valence-corrected chi connectivity index (χ0v) is 48.1. The van der Waals surface area contributed by atoms with Crippen molar-refractivity contribution in [3.05, 3.63) is 66.3 Å². The molecule has 2 saturated heterocycles. The number of hydrogen-bond donors (Lipinski definition) is 9. The zero-order chi connectivity index (χ0) is 55.7. The van der Waals surface area contributed by atoms with Crippen molar-refractivity contribution >= 4 is 39.0 Å². The maximum atomic E-state index is 16.5. The van der Waals surface area contributed by atoms with Crippen LogP contribution in [-0.4, -0.2) is 139 Å². The van der Waals surface area contributed by atoms with Crippen molar-refractivity contribution in [2.24, 2.45) is 79.8 Å². The van der Waals surface area contributed by atoms with Gasteiger partial charge >= 0.3 is 0 Å². The van der Waals surface area contributed by atoms with Crippen LogP contribution >= 0.6 is 21.6 Å². The van der Waals surface area contributed by atoms with Crippen LogP contribution in [0.1, 0.15) is 130 Å². The molecule has 8 bridgehead atoms. The Bertz CT molecular complexity index is 2820. The fourth-order valence-electron chi connectivity index (χ4n) is 21.6. The van der Waals surface area contributed by atoms with Gasteiger partial charge in [-0.2, -0.15) is 0 Å². The van der Waals surface area contributed by atoms with Gasteiger partial charge in [-0.1, -0.05) is 74.3 Å². The molecule has 8 aliphatic carbocycles. The number of ketones is 1. The molecule has 5 aliphatic heterocycles. The van der Waals surface area contributed by atoms with Crippen LogP contribution in [0.25, 0.3) is 0 Å². The van der Waals surface area contributed by atoms with E-state index in [0.29, 0.717) is 101 Å². The molecule has 1 aromatic carbocycles. The van der Waals surface area contributed by atoms with Crippen LogP contribution in [0.4, 0.5) is 5.69 Å². The van der Waals surface area contributed by atoms with Crippen molar-refractivity contribution in [3.8, 4) is 5.75 Å². The van der Waals surface area contributed by atoms with Gasteiger partial charge < -0.3 is 60.2 Å². The first-order chi connectivity index (χ1) is 37.6. The molecule has 15 nitrogen and oxygen atoms in total. The average molecular weight is 1130 g/mol. The van der Waals surface area contributed by atoms with Crippen LogP contribution in [0.15, 0.2) is 60.7 Å². The lowest BCUT2D eigenvalue weighted by Gasteiger charge is -2.74. The van der Waals surface area contributed by atoms with Gasteiger partial charge in [-0.15, -0.1) is 0 Å². The van der Waals surface area contributed by atoms with E-state index in [9.17, 15) is 46.0 Å². The van der Waals surface area contributed by atoms with Crippen LogP contribution in [0.3, 0.4) is 0 Å². The molecule has 79 heavy (non-hydrogen) atoms. The molecule has 9 N–H and O–H groups in total. The molecule has 5 spiro atoms. The van der Waals surface area contributed by atoms with Crippen LogP contribution < -0.4 is 4.90 Å². The van der Waals surface area contributed by atoms with Crippen molar-refractivity contribution in [2.45, 2.75) is 184 Å². The summed E-state index contributed by atoms with van der Waals surface area (Å²) in [6.07, 6.45) is 14.5. The van der Waals surface area contributed by atoms with Crippen molar-refractivity contribution in [3.63, 3.8) is 0 Å². The van der Waals surface area contributed by atoms with Crippen molar-refractivity contribution in [1.82, 2.24) is 9.55 Å². The lowest BCUT2D eigenvalue weighted by atomic mass is 9.31. The second-order valence-electron chi connectivity index (χ2n) is 27.9. The highest BCUT2D eigenvalue weighted by atomic mass is 33.1. The number of aromatic nitrogens is 2. The SMILES string of the molecule is CC(C)C(C)C1OC1C1(O)CC=CC2CC3C4=CC(=O)C5(CC(O)C(O)(CO)C6(CCC(Cn7ccnc7)C6)C35C)C(O)SSCC3CCCC(CO)C35C(=O)N(CC53CCCC3O)c3cc(O)cc(c3)CCC23C1CCC43O. The number of aryl methyl sites for hydroxylation is 1. The van der Waals surface area contributed by atoms with Gasteiger partial charge in [-0.05, 0) is 166 Å². The minimum absolute atomic E-state index is 0.0319. The number of anilines is 1. The summed E-state index contributed by atoms with van der Waals surface area (Å²) < 4.78 is 8.59. The van der Waals surface area contributed by atoms with Gasteiger partial charge in [-0.3, -0.25) is 9.59 Å². The van der Waals surface area contributed by atoms with Crippen molar-refractivity contribution in [1.29, 1.82) is 0 Å². The number of benzene rings is 1. The van der Waals surface area contributed by atoms with Gasteiger partial charge in [0.25, 0.3) is 0 Å². The molecule has 432 valence electrons. The average Bonchev–Trinajstić information content (AvgIpc) is 3.68. The minimum Gasteiger partial charge on any atom is -0.508 e. The van der Waals surface area contributed by atoms with Gasteiger partial charge in [0.15, 0.2) is 5.78 Å². The first-order valence-electron chi connectivity index (χ1n) is 30.0. The molecular formula is C62H85N3O12S2. The number of carbonyl (C=O) groups is 2. The van der Waals surface area contributed by atoms with E-state index in [2.05, 4.69) is 37.9 Å². The number of ether oxygens (including phenoxy) is 1. The molecule has 17 heteroatoms. The van der Waals surface area contributed by atoms with E-state index in [1.807, 2.05) is 23.8 Å². The lowest BCUT2D eigenvalue weighted by molar-refractivity contribution is -0.310. The number of imidazole rings is 1. The highest BCUT2D eigenvalue weighted by Crippen LogP contribution is 2.82. The van der Waals surface area contributed by atoms with E-state index in [0.717, 1.165) is 22.8 Å². The maximum Gasteiger partial charge on any atom is 0.234 e. The minimum atomic E-state index is -2.13. The van der Waals surface area contributed by atoms with E-state index >= 15 is 9.59 Å². The predicted molar refractivity (Wildman–Crippen MR) is 299 cm³/mol. The van der Waals surface area contributed by atoms with Crippen molar-refractivity contribution < 1.29 is 60.3 Å². The summed E-state index contributed by atoms with van der Waals surface area (Å²) in [5.41, 5.74) is -12.9. The quantitative estimate of drug-likeness (QED) is 0.0816. The van der Waals surface area contributed by atoms with Crippen LogP contribution in [0.5, 0.6) is 5.75 Å². The van der Waals surface area contributed by atoms with E-state index in [1.165, 1.54) is 10.8 Å². The van der Waals surface area contributed by atoms with E-state index in [4.69, 9.17) is 4.74 Å². The Morgan fingerprint density at radius 1 is 0.924 bits per heavy atom. The number of phenolic OH excluding ortho intramolecular Hbond substituents is 1. The zero-order valence-electron chi connectivity index (χ0n) is 46.5. The van der Waals surface area contributed by atoms with Crippen LogP contribution in [0.2, 0.25) is 0 Å². The summed E-state index contributed by atoms with van der Waals surface area (Å²) in [5.74, 6) is -2.47.